The normalized spacial score (nSPS) is 13.1. The van der Waals surface area contributed by atoms with E-state index in [-0.39, 0.29) is 0 Å². The van der Waals surface area contributed by atoms with E-state index in [2.05, 4.69) is 39.5 Å². The molecule has 0 fully saturated rings. The summed E-state index contributed by atoms with van der Waals surface area (Å²) in [5.41, 5.74) is 3.13. The van der Waals surface area contributed by atoms with Crippen molar-refractivity contribution in [1.82, 2.24) is 4.57 Å². The molecule has 0 saturated carbocycles. The summed E-state index contributed by atoms with van der Waals surface area (Å²) in [7, 11) is 3.77. The zero-order valence-electron chi connectivity index (χ0n) is 11.0. The van der Waals surface area contributed by atoms with E-state index in [9.17, 15) is 0 Å². The molecule has 0 aliphatic rings. The zero-order chi connectivity index (χ0) is 13.1. The Kier molecular flexibility index (Phi) is 3.42. The van der Waals surface area contributed by atoms with E-state index < -0.39 is 0 Å². The van der Waals surface area contributed by atoms with Gasteiger partial charge in [-0.3, -0.25) is 4.99 Å². The molecule has 0 bridgehead atoms. The lowest BCUT2D eigenvalue weighted by molar-refractivity contribution is 0.968. The van der Waals surface area contributed by atoms with E-state index in [1.807, 2.05) is 26.1 Å². The maximum atomic E-state index is 4.48. The van der Waals surface area contributed by atoms with Crippen molar-refractivity contribution >= 4 is 22.5 Å². The van der Waals surface area contributed by atoms with Crippen molar-refractivity contribution in [1.29, 1.82) is 0 Å². The van der Waals surface area contributed by atoms with Crippen LogP contribution in [0.5, 0.6) is 0 Å². The molecule has 1 heterocycles. The van der Waals surface area contributed by atoms with Crippen molar-refractivity contribution in [3.8, 4) is 0 Å². The number of fused-ring (bicyclic) bond motifs is 1. The molecule has 0 saturated heterocycles. The number of aromatic nitrogens is 1. The molecule has 0 aliphatic heterocycles. The van der Waals surface area contributed by atoms with Crippen LogP contribution in [0.4, 0.5) is 0 Å². The number of benzene rings is 1. The van der Waals surface area contributed by atoms with Crippen molar-refractivity contribution < 1.29 is 0 Å². The van der Waals surface area contributed by atoms with Crippen molar-refractivity contribution in [2.24, 2.45) is 17.0 Å². The van der Waals surface area contributed by atoms with E-state index in [0.29, 0.717) is 0 Å². The molecule has 3 heteroatoms. The Morgan fingerprint density at radius 2 is 2.06 bits per heavy atom. The third-order valence-electron chi connectivity index (χ3n) is 2.97. The summed E-state index contributed by atoms with van der Waals surface area (Å²) in [4.78, 5) is 8.55. The molecule has 0 radical (unpaired) electrons. The van der Waals surface area contributed by atoms with Crippen LogP contribution in [0.1, 0.15) is 12.5 Å². The summed E-state index contributed by atoms with van der Waals surface area (Å²) in [6.45, 7) is 5.73. The van der Waals surface area contributed by atoms with Crippen LogP contribution in [0.2, 0.25) is 0 Å². The zero-order valence-corrected chi connectivity index (χ0v) is 11.0. The van der Waals surface area contributed by atoms with Gasteiger partial charge in [0.2, 0.25) is 0 Å². The second-order valence-electron chi connectivity index (χ2n) is 4.14. The molecule has 2 rings (SSSR count). The van der Waals surface area contributed by atoms with E-state index in [1.165, 1.54) is 10.9 Å². The number of aryl methyl sites for hydroxylation is 1. The number of allylic oxidation sites excluding steroid dienone is 1. The summed E-state index contributed by atoms with van der Waals surface area (Å²) in [5, 5.41) is 1.18. The average molecular weight is 239 g/mol. The van der Waals surface area contributed by atoms with Gasteiger partial charge >= 0.3 is 0 Å². The third kappa shape index (κ3) is 2.12. The molecule has 0 spiro atoms. The molecule has 1 aromatic heterocycles. The molecule has 2 aromatic rings. The first kappa shape index (κ1) is 12.3. The standard InChI is InChI=1S/C15H17N3/c1-5-14(17-11(2)16-3)13-10-18(4)15-9-7-6-8-12(13)15/h5-10H,1H2,2-4H3. The second kappa shape index (κ2) is 5.00. The van der Waals surface area contributed by atoms with Crippen LogP contribution in [0.3, 0.4) is 0 Å². The first-order chi connectivity index (χ1) is 8.67. The highest BCUT2D eigenvalue weighted by Crippen LogP contribution is 2.21. The monoisotopic (exact) mass is 239 g/mol. The van der Waals surface area contributed by atoms with Gasteiger partial charge in [-0.25, -0.2) is 4.99 Å². The van der Waals surface area contributed by atoms with Gasteiger partial charge in [0.15, 0.2) is 0 Å². The Bertz CT molecular complexity index is 645. The summed E-state index contributed by atoms with van der Waals surface area (Å²) in [6, 6.07) is 8.27. The summed E-state index contributed by atoms with van der Waals surface area (Å²) in [5.74, 6) is 0.748. The Labute approximate surface area is 107 Å². The Balaban J connectivity index is 2.67. The fourth-order valence-electron chi connectivity index (χ4n) is 1.99. The van der Waals surface area contributed by atoms with Gasteiger partial charge in [-0.05, 0) is 19.1 Å². The molecule has 0 N–H and O–H groups in total. The Morgan fingerprint density at radius 3 is 2.72 bits per heavy atom. The predicted molar refractivity (Wildman–Crippen MR) is 78.7 cm³/mol. The average Bonchev–Trinajstić information content (AvgIpc) is 2.74. The number of hydrogen-bond acceptors (Lipinski definition) is 1. The number of rotatable bonds is 2. The Hall–Kier alpha value is -2.16. The van der Waals surface area contributed by atoms with E-state index in [1.54, 1.807) is 13.1 Å². The van der Waals surface area contributed by atoms with Crippen molar-refractivity contribution in [3.05, 3.63) is 48.7 Å². The summed E-state index contributed by atoms with van der Waals surface area (Å²) >= 11 is 0. The topological polar surface area (TPSA) is 29.6 Å². The summed E-state index contributed by atoms with van der Waals surface area (Å²) in [6.07, 6.45) is 3.85. The maximum absolute atomic E-state index is 4.48. The molecular formula is C15H17N3. The van der Waals surface area contributed by atoms with Gasteiger partial charge in [-0.2, -0.15) is 0 Å². The first-order valence-electron chi connectivity index (χ1n) is 5.86. The predicted octanol–water partition coefficient (Wildman–Crippen LogP) is 3.20. The fraction of sp³-hybridized carbons (Fsp3) is 0.200. The number of nitrogens with zero attached hydrogens (tertiary/aromatic N) is 3. The number of amidine groups is 1. The molecular weight excluding hydrogens is 222 g/mol. The smallest absolute Gasteiger partial charge is 0.120 e. The van der Waals surface area contributed by atoms with Crippen molar-refractivity contribution in [3.63, 3.8) is 0 Å². The summed E-state index contributed by atoms with van der Waals surface area (Å²) < 4.78 is 2.10. The minimum Gasteiger partial charge on any atom is -0.350 e. The van der Waals surface area contributed by atoms with Gasteiger partial charge in [-0.15, -0.1) is 0 Å². The minimum absolute atomic E-state index is 0.748. The van der Waals surface area contributed by atoms with Gasteiger partial charge < -0.3 is 4.57 Å². The van der Waals surface area contributed by atoms with Crippen LogP contribution < -0.4 is 0 Å². The van der Waals surface area contributed by atoms with Gasteiger partial charge in [0.1, 0.15) is 5.84 Å². The molecule has 92 valence electrons. The van der Waals surface area contributed by atoms with Gasteiger partial charge in [0.25, 0.3) is 0 Å². The SMILES string of the molecule is C=CC(=NC(C)=NC)c1cn(C)c2ccccc12. The Morgan fingerprint density at radius 1 is 1.33 bits per heavy atom. The fourth-order valence-corrected chi connectivity index (χ4v) is 1.99. The number of para-hydroxylation sites is 1. The highest BCUT2D eigenvalue weighted by molar-refractivity contribution is 6.19. The number of hydrogen-bond donors (Lipinski definition) is 0. The van der Waals surface area contributed by atoms with Crippen LogP contribution >= 0.6 is 0 Å². The molecule has 18 heavy (non-hydrogen) atoms. The molecule has 0 amide bonds. The van der Waals surface area contributed by atoms with Crippen molar-refractivity contribution in [2.45, 2.75) is 6.92 Å². The molecule has 0 aliphatic carbocycles. The molecule has 1 aromatic carbocycles. The van der Waals surface area contributed by atoms with Crippen molar-refractivity contribution in [2.75, 3.05) is 7.05 Å². The molecule has 0 unspecified atom stereocenters. The lowest BCUT2D eigenvalue weighted by Gasteiger charge is -1.99. The van der Waals surface area contributed by atoms with E-state index in [4.69, 9.17) is 0 Å². The van der Waals surface area contributed by atoms with Crippen LogP contribution in [-0.4, -0.2) is 23.2 Å². The van der Waals surface area contributed by atoms with Crippen LogP contribution in [-0.2, 0) is 7.05 Å². The second-order valence-corrected chi connectivity index (χ2v) is 4.14. The largest absolute Gasteiger partial charge is 0.350 e. The highest BCUT2D eigenvalue weighted by atomic mass is 14.9. The van der Waals surface area contributed by atoms with Gasteiger partial charge in [0, 0.05) is 36.8 Å². The lowest BCUT2D eigenvalue weighted by atomic mass is 10.1. The number of aliphatic imine (C=N–C) groups is 2. The molecule has 3 nitrogen and oxygen atoms in total. The maximum Gasteiger partial charge on any atom is 0.120 e. The third-order valence-corrected chi connectivity index (χ3v) is 2.97. The van der Waals surface area contributed by atoms with Crippen LogP contribution in [0, 0.1) is 0 Å². The quantitative estimate of drug-likeness (QED) is 0.569. The van der Waals surface area contributed by atoms with Gasteiger partial charge in [-0.1, -0.05) is 24.8 Å². The highest BCUT2D eigenvalue weighted by Gasteiger charge is 2.09. The van der Waals surface area contributed by atoms with Crippen LogP contribution in [0.15, 0.2) is 53.1 Å². The minimum atomic E-state index is 0.748. The van der Waals surface area contributed by atoms with E-state index >= 15 is 0 Å². The molecule has 0 atom stereocenters. The van der Waals surface area contributed by atoms with Crippen LogP contribution in [0.25, 0.3) is 10.9 Å². The van der Waals surface area contributed by atoms with Gasteiger partial charge in [0.05, 0.1) is 5.71 Å². The van der Waals surface area contributed by atoms with E-state index in [0.717, 1.165) is 17.1 Å². The lowest BCUT2D eigenvalue weighted by Crippen LogP contribution is -1.99. The first-order valence-corrected chi connectivity index (χ1v) is 5.86.